The molecule has 0 aliphatic carbocycles. The Bertz CT molecular complexity index is 669. The lowest BCUT2D eigenvalue weighted by molar-refractivity contribution is 0.122. The number of hydrogen-bond donors (Lipinski definition) is 1. The Balaban J connectivity index is 1.62. The largest absolute Gasteiger partial charge is 0.471 e. The number of anilines is 2. The van der Waals surface area contributed by atoms with Gasteiger partial charge in [-0.15, -0.1) is 0 Å². The molecule has 2 fully saturated rings. The number of carbonyl (C=O) groups is 1. The van der Waals surface area contributed by atoms with Crippen molar-refractivity contribution in [1.29, 1.82) is 0 Å². The molecule has 1 N–H and O–H groups in total. The first-order valence-electron chi connectivity index (χ1n) is 8.59. The molecule has 0 aromatic heterocycles. The average Bonchev–Trinajstić information content (AvgIpc) is 3.02. The van der Waals surface area contributed by atoms with Crippen LogP contribution in [0, 0.1) is 5.82 Å². The number of cyclic esters (lactones) is 1. The van der Waals surface area contributed by atoms with Crippen molar-refractivity contribution < 1.29 is 23.4 Å². The van der Waals surface area contributed by atoms with Gasteiger partial charge in [-0.1, -0.05) is 0 Å². The van der Waals surface area contributed by atoms with Gasteiger partial charge in [-0.05, 0) is 37.3 Å². The number of thiocarbonyl (C=S) groups is 1. The normalized spacial score (nSPS) is 20.1. The second-order valence-electron chi connectivity index (χ2n) is 5.95. The maximum absolute atomic E-state index is 14.5. The van der Waals surface area contributed by atoms with E-state index in [2.05, 4.69) is 5.32 Å². The predicted molar refractivity (Wildman–Crippen MR) is 99.3 cm³/mol. The standard InChI is InChI=1S/C17H22FN3O4S/c1-2-24-16(26)19-10-13-11-21(17(22)25-13)12-3-4-15(14(18)9-12)20-5-7-23-8-6-20/h3-4,9,13H,2,5-8,10-11H2,1H3,(H,19,26). The first kappa shape index (κ1) is 18.7. The van der Waals surface area contributed by atoms with E-state index in [1.807, 2.05) is 11.8 Å². The van der Waals surface area contributed by atoms with E-state index in [-0.39, 0.29) is 17.1 Å². The summed E-state index contributed by atoms with van der Waals surface area (Å²) in [6.07, 6.45) is -0.888. The third-order valence-corrected chi connectivity index (χ3v) is 4.48. The molecule has 2 heterocycles. The monoisotopic (exact) mass is 383 g/mol. The van der Waals surface area contributed by atoms with Crippen molar-refractivity contribution in [2.24, 2.45) is 0 Å². The topological polar surface area (TPSA) is 63.3 Å². The third kappa shape index (κ3) is 4.34. The van der Waals surface area contributed by atoms with Crippen molar-refractivity contribution >= 4 is 34.9 Å². The lowest BCUT2D eigenvalue weighted by atomic mass is 10.2. The summed E-state index contributed by atoms with van der Waals surface area (Å²) in [5.74, 6) is -0.365. The number of hydrogen-bond acceptors (Lipinski definition) is 6. The van der Waals surface area contributed by atoms with Crippen molar-refractivity contribution in [3.63, 3.8) is 0 Å². The molecule has 3 rings (SSSR count). The van der Waals surface area contributed by atoms with Crippen molar-refractivity contribution in [3.05, 3.63) is 24.0 Å². The Morgan fingerprint density at radius 2 is 2.19 bits per heavy atom. The van der Waals surface area contributed by atoms with E-state index in [9.17, 15) is 9.18 Å². The summed E-state index contributed by atoms with van der Waals surface area (Å²) in [6, 6.07) is 4.79. The molecule has 0 saturated carbocycles. The fourth-order valence-electron chi connectivity index (χ4n) is 2.94. The molecule has 1 unspecified atom stereocenters. The predicted octanol–water partition coefficient (Wildman–Crippen LogP) is 1.90. The molecule has 1 atom stereocenters. The number of benzene rings is 1. The molecule has 142 valence electrons. The Labute approximate surface area is 157 Å². The average molecular weight is 383 g/mol. The van der Waals surface area contributed by atoms with Gasteiger partial charge in [0.05, 0.1) is 44.3 Å². The summed E-state index contributed by atoms with van der Waals surface area (Å²) in [5.41, 5.74) is 0.990. The number of ether oxygens (including phenoxy) is 3. The molecule has 2 saturated heterocycles. The number of amides is 1. The van der Waals surface area contributed by atoms with E-state index >= 15 is 0 Å². The van der Waals surface area contributed by atoms with Crippen LogP contribution in [-0.4, -0.2) is 63.4 Å². The first-order valence-corrected chi connectivity index (χ1v) is 9.00. The summed E-state index contributed by atoms with van der Waals surface area (Å²) in [4.78, 5) is 15.5. The van der Waals surface area contributed by atoms with Gasteiger partial charge in [-0.2, -0.15) is 0 Å². The molecule has 7 nitrogen and oxygen atoms in total. The molecule has 1 amide bonds. The highest BCUT2D eigenvalue weighted by atomic mass is 32.1. The lowest BCUT2D eigenvalue weighted by Gasteiger charge is -2.29. The third-order valence-electron chi connectivity index (χ3n) is 4.22. The van der Waals surface area contributed by atoms with Crippen molar-refractivity contribution in [2.45, 2.75) is 13.0 Å². The van der Waals surface area contributed by atoms with Crippen LogP contribution in [0.15, 0.2) is 18.2 Å². The van der Waals surface area contributed by atoms with Crippen LogP contribution < -0.4 is 15.1 Å². The van der Waals surface area contributed by atoms with Crippen LogP contribution in [-0.2, 0) is 14.2 Å². The molecule has 26 heavy (non-hydrogen) atoms. The molecule has 2 aliphatic rings. The number of rotatable bonds is 5. The van der Waals surface area contributed by atoms with E-state index in [4.69, 9.17) is 26.4 Å². The van der Waals surface area contributed by atoms with Gasteiger partial charge in [0.1, 0.15) is 11.9 Å². The molecule has 1 aromatic rings. The fourth-order valence-corrected chi connectivity index (χ4v) is 3.14. The minimum absolute atomic E-state index is 0.267. The van der Waals surface area contributed by atoms with Crippen LogP contribution in [0.3, 0.4) is 0 Å². The van der Waals surface area contributed by atoms with E-state index < -0.39 is 6.09 Å². The Hall–Kier alpha value is -2.13. The number of nitrogens with zero attached hydrogens (tertiary/aromatic N) is 2. The summed E-state index contributed by atoms with van der Waals surface area (Å²) in [7, 11) is 0. The zero-order chi connectivity index (χ0) is 18.5. The maximum atomic E-state index is 14.5. The minimum atomic E-state index is -0.502. The molecule has 0 spiro atoms. The van der Waals surface area contributed by atoms with Crippen LogP contribution in [0.25, 0.3) is 0 Å². The zero-order valence-electron chi connectivity index (χ0n) is 14.6. The van der Waals surface area contributed by atoms with Crippen LogP contribution in [0.1, 0.15) is 6.92 Å². The van der Waals surface area contributed by atoms with Gasteiger partial charge in [0.15, 0.2) is 0 Å². The highest BCUT2D eigenvalue weighted by Gasteiger charge is 2.33. The molecule has 9 heteroatoms. The number of nitrogens with one attached hydrogen (secondary N) is 1. The molecular weight excluding hydrogens is 361 g/mol. The van der Waals surface area contributed by atoms with Gasteiger partial charge in [-0.25, -0.2) is 9.18 Å². The van der Waals surface area contributed by atoms with Gasteiger partial charge >= 0.3 is 6.09 Å². The summed E-state index contributed by atoms with van der Waals surface area (Å²) >= 11 is 4.98. The zero-order valence-corrected chi connectivity index (χ0v) is 15.4. The molecular formula is C17H22FN3O4S. The van der Waals surface area contributed by atoms with E-state index in [1.165, 1.54) is 11.0 Å². The second-order valence-corrected chi connectivity index (χ2v) is 6.32. The van der Waals surface area contributed by atoms with E-state index in [0.29, 0.717) is 57.4 Å². The van der Waals surface area contributed by atoms with Crippen LogP contribution in [0.4, 0.5) is 20.6 Å². The smallest absolute Gasteiger partial charge is 0.414 e. The van der Waals surface area contributed by atoms with E-state index in [0.717, 1.165) is 0 Å². The highest BCUT2D eigenvalue weighted by molar-refractivity contribution is 7.80. The van der Waals surface area contributed by atoms with Crippen molar-refractivity contribution in [2.75, 3.05) is 55.8 Å². The van der Waals surface area contributed by atoms with Crippen LogP contribution in [0.2, 0.25) is 0 Å². The summed E-state index contributed by atoms with van der Waals surface area (Å²) < 4.78 is 30.3. The molecule has 0 bridgehead atoms. The number of halogens is 1. The Kier molecular flexibility index (Phi) is 6.10. The SMILES string of the molecule is CCOC(=S)NCC1CN(c2ccc(N3CCOCC3)c(F)c2)C(=O)O1. The lowest BCUT2D eigenvalue weighted by Crippen LogP contribution is -2.37. The van der Waals surface area contributed by atoms with Gasteiger partial charge < -0.3 is 24.4 Å². The molecule has 0 radical (unpaired) electrons. The number of morpholine rings is 1. The quantitative estimate of drug-likeness (QED) is 0.779. The molecule has 1 aromatic carbocycles. The van der Waals surface area contributed by atoms with Crippen LogP contribution >= 0.6 is 12.2 Å². The fraction of sp³-hybridized carbons (Fsp3) is 0.529. The van der Waals surface area contributed by atoms with E-state index in [1.54, 1.807) is 12.1 Å². The molecule has 2 aliphatic heterocycles. The second kappa shape index (κ2) is 8.50. The van der Waals surface area contributed by atoms with Crippen LogP contribution in [0.5, 0.6) is 0 Å². The Morgan fingerprint density at radius 1 is 1.42 bits per heavy atom. The van der Waals surface area contributed by atoms with Gasteiger partial charge in [-0.3, -0.25) is 4.90 Å². The first-order chi connectivity index (χ1) is 12.6. The highest BCUT2D eigenvalue weighted by Crippen LogP contribution is 2.28. The number of carbonyl (C=O) groups excluding carboxylic acids is 1. The van der Waals surface area contributed by atoms with Gasteiger partial charge in [0, 0.05) is 13.1 Å². The van der Waals surface area contributed by atoms with Gasteiger partial charge in [0.2, 0.25) is 0 Å². The van der Waals surface area contributed by atoms with Crippen molar-refractivity contribution in [1.82, 2.24) is 5.32 Å². The Morgan fingerprint density at radius 3 is 2.88 bits per heavy atom. The minimum Gasteiger partial charge on any atom is -0.471 e. The summed E-state index contributed by atoms with van der Waals surface area (Å²) in [6.45, 7) is 5.42. The van der Waals surface area contributed by atoms with Crippen molar-refractivity contribution in [3.8, 4) is 0 Å². The maximum Gasteiger partial charge on any atom is 0.414 e. The summed E-state index contributed by atoms with van der Waals surface area (Å²) in [5, 5.41) is 3.16. The van der Waals surface area contributed by atoms with Gasteiger partial charge in [0.25, 0.3) is 5.17 Å².